The minimum absolute atomic E-state index is 0.0523. The second kappa shape index (κ2) is 7.64. The van der Waals surface area contributed by atoms with E-state index in [4.69, 9.17) is 0 Å². The number of nitrogens with one attached hydrogen (secondary N) is 1. The number of piperazine rings is 1. The van der Waals surface area contributed by atoms with Gasteiger partial charge in [0.05, 0.1) is 0 Å². The fraction of sp³-hybridized carbons (Fsp3) is 0.611. The quantitative estimate of drug-likeness (QED) is 0.832. The van der Waals surface area contributed by atoms with Crippen molar-refractivity contribution in [3.8, 4) is 0 Å². The molecule has 0 radical (unpaired) electrons. The lowest BCUT2D eigenvalue weighted by Gasteiger charge is -2.49. The highest BCUT2D eigenvalue weighted by atomic mass is 32.2. The summed E-state index contributed by atoms with van der Waals surface area (Å²) in [6.45, 7) is 2.52. The van der Waals surface area contributed by atoms with Crippen molar-refractivity contribution in [1.29, 1.82) is 0 Å². The maximum absolute atomic E-state index is 13.1. The molecule has 1 aromatic rings. The first kappa shape index (κ1) is 19.3. The molecule has 1 amide bonds. The molecule has 2 aliphatic rings. The zero-order valence-electron chi connectivity index (χ0n) is 15.5. The summed E-state index contributed by atoms with van der Waals surface area (Å²) < 4.78 is 29.3. The van der Waals surface area contributed by atoms with Gasteiger partial charge in [-0.1, -0.05) is 30.3 Å². The van der Waals surface area contributed by atoms with Gasteiger partial charge in [0.15, 0.2) is 0 Å². The van der Waals surface area contributed by atoms with Gasteiger partial charge < -0.3 is 5.32 Å². The molecule has 8 heteroatoms. The fourth-order valence-corrected chi connectivity index (χ4v) is 5.30. The van der Waals surface area contributed by atoms with Gasteiger partial charge in [-0.25, -0.2) is 0 Å². The predicted molar refractivity (Wildman–Crippen MR) is 101 cm³/mol. The van der Waals surface area contributed by atoms with Gasteiger partial charge in [-0.2, -0.15) is 17.0 Å². The number of rotatable bonds is 4. The monoisotopic (exact) mass is 380 g/mol. The predicted octanol–water partition coefficient (Wildman–Crippen LogP) is 0.650. The first-order valence-corrected chi connectivity index (χ1v) is 10.5. The van der Waals surface area contributed by atoms with Crippen molar-refractivity contribution in [2.45, 2.75) is 31.3 Å². The summed E-state index contributed by atoms with van der Waals surface area (Å²) in [6, 6.07) is 9.61. The smallest absolute Gasteiger partial charge is 0.282 e. The largest absolute Gasteiger partial charge is 0.356 e. The molecule has 1 spiro atoms. The molecule has 0 bridgehead atoms. The van der Waals surface area contributed by atoms with Crippen LogP contribution in [0.2, 0.25) is 0 Å². The molecule has 1 atom stereocenters. The van der Waals surface area contributed by atoms with E-state index in [0.717, 1.165) is 12.0 Å². The van der Waals surface area contributed by atoms with Gasteiger partial charge in [0.1, 0.15) is 0 Å². The van der Waals surface area contributed by atoms with Crippen LogP contribution in [0, 0.1) is 0 Å². The molecule has 0 saturated carbocycles. The van der Waals surface area contributed by atoms with Crippen LogP contribution < -0.4 is 5.32 Å². The molecule has 1 aromatic carbocycles. The van der Waals surface area contributed by atoms with Crippen LogP contribution >= 0.6 is 0 Å². The van der Waals surface area contributed by atoms with Crippen molar-refractivity contribution in [3.63, 3.8) is 0 Å². The summed E-state index contributed by atoms with van der Waals surface area (Å²) >= 11 is 0. The van der Waals surface area contributed by atoms with E-state index in [0.29, 0.717) is 45.6 Å². The average molecular weight is 381 g/mol. The second-order valence-corrected chi connectivity index (χ2v) is 9.36. The zero-order valence-corrected chi connectivity index (χ0v) is 16.3. The van der Waals surface area contributed by atoms with Crippen LogP contribution in [0.15, 0.2) is 30.3 Å². The van der Waals surface area contributed by atoms with Crippen molar-refractivity contribution in [2.24, 2.45) is 0 Å². The van der Waals surface area contributed by atoms with Gasteiger partial charge in [-0.15, -0.1) is 0 Å². The van der Waals surface area contributed by atoms with Crippen molar-refractivity contribution in [2.75, 3.05) is 40.3 Å². The molecular weight excluding hydrogens is 352 g/mol. The summed E-state index contributed by atoms with van der Waals surface area (Å²) in [5.41, 5.74) is 0.685. The van der Waals surface area contributed by atoms with E-state index in [2.05, 4.69) is 10.2 Å². The number of carbonyl (C=O) groups is 1. The van der Waals surface area contributed by atoms with E-state index >= 15 is 0 Å². The molecule has 1 N–H and O–H groups in total. The molecule has 3 rings (SSSR count). The normalized spacial score (nSPS) is 26.0. The van der Waals surface area contributed by atoms with Crippen LogP contribution in [0.5, 0.6) is 0 Å². The Balaban J connectivity index is 1.76. The third kappa shape index (κ3) is 3.93. The molecule has 2 saturated heterocycles. The SMILES string of the molecule is CN1CCN(S(=O)(=O)N(C)Cc2ccccc2)CC12CCNC(=O)CC2. The molecule has 7 nitrogen and oxygen atoms in total. The minimum atomic E-state index is -3.55. The number of likely N-dealkylation sites (N-methyl/N-ethyl adjacent to an activating group) is 1. The number of carbonyl (C=O) groups excluding carboxylic acids is 1. The molecule has 2 fully saturated rings. The molecule has 2 aliphatic heterocycles. The lowest BCUT2D eigenvalue weighted by atomic mass is 9.87. The van der Waals surface area contributed by atoms with Gasteiger partial charge in [0.2, 0.25) is 5.91 Å². The van der Waals surface area contributed by atoms with E-state index < -0.39 is 10.2 Å². The first-order valence-electron chi connectivity index (χ1n) is 9.07. The van der Waals surface area contributed by atoms with E-state index in [1.54, 1.807) is 11.4 Å². The Bertz CT molecular complexity index is 740. The third-order valence-electron chi connectivity index (χ3n) is 5.66. The van der Waals surface area contributed by atoms with E-state index in [1.165, 1.54) is 4.31 Å². The summed E-state index contributed by atoms with van der Waals surface area (Å²) in [5.74, 6) is 0.0523. The number of hydrogen-bond acceptors (Lipinski definition) is 4. The highest BCUT2D eigenvalue weighted by Crippen LogP contribution is 2.32. The van der Waals surface area contributed by atoms with Crippen LogP contribution in [0.25, 0.3) is 0 Å². The van der Waals surface area contributed by atoms with Gasteiger partial charge in [0.25, 0.3) is 10.2 Å². The summed E-state index contributed by atoms with van der Waals surface area (Å²) in [4.78, 5) is 14.0. The third-order valence-corrected chi connectivity index (χ3v) is 7.54. The first-order chi connectivity index (χ1) is 12.3. The molecule has 1 unspecified atom stereocenters. The Morgan fingerprint density at radius 3 is 2.65 bits per heavy atom. The Kier molecular flexibility index (Phi) is 5.67. The number of nitrogens with zero attached hydrogens (tertiary/aromatic N) is 3. The summed E-state index contributed by atoms with van der Waals surface area (Å²) in [5, 5.41) is 2.90. The summed E-state index contributed by atoms with van der Waals surface area (Å²) in [7, 11) is 0.116. The van der Waals surface area contributed by atoms with Gasteiger partial charge >= 0.3 is 0 Å². The van der Waals surface area contributed by atoms with Crippen molar-refractivity contribution < 1.29 is 13.2 Å². The zero-order chi connectivity index (χ0) is 18.8. The molecular formula is C18H28N4O3S. The fourth-order valence-electron chi connectivity index (χ4n) is 3.88. The highest BCUT2D eigenvalue weighted by Gasteiger charge is 2.44. The maximum Gasteiger partial charge on any atom is 0.282 e. The molecule has 26 heavy (non-hydrogen) atoms. The Morgan fingerprint density at radius 1 is 1.19 bits per heavy atom. The van der Waals surface area contributed by atoms with E-state index in [-0.39, 0.29) is 11.4 Å². The van der Waals surface area contributed by atoms with Gasteiger partial charge in [-0.05, 0) is 25.5 Å². The van der Waals surface area contributed by atoms with Crippen molar-refractivity contribution in [1.82, 2.24) is 18.8 Å². The van der Waals surface area contributed by atoms with E-state index in [1.807, 2.05) is 37.4 Å². The Labute approximate surface area is 156 Å². The van der Waals surface area contributed by atoms with Crippen molar-refractivity contribution in [3.05, 3.63) is 35.9 Å². The van der Waals surface area contributed by atoms with Crippen molar-refractivity contribution >= 4 is 16.1 Å². The van der Waals surface area contributed by atoms with Gasteiger partial charge in [0, 0.05) is 51.7 Å². The second-order valence-electron chi connectivity index (χ2n) is 7.33. The number of benzene rings is 1. The summed E-state index contributed by atoms with van der Waals surface area (Å²) in [6.07, 6.45) is 1.89. The number of hydrogen-bond donors (Lipinski definition) is 1. The standard InChI is InChI=1S/C18H28N4O3S/c1-20-12-13-22(15-18(20)9-8-17(23)19-11-10-18)26(24,25)21(2)14-16-6-4-3-5-7-16/h3-7H,8-15H2,1-2H3,(H,19,23). The molecule has 2 heterocycles. The molecule has 144 valence electrons. The van der Waals surface area contributed by atoms with Crippen LogP contribution in [0.3, 0.4) is 0 Å². The average Bonchev–Trinajstić information content (AvgIpc) is 2.80. The van der Waals surface area contributed by atoms with Crippen LogP contribution in [-0.4, -0.2) is 73.6 Å². The maximum atomic E-state index is 13.1. The van der Waals surface area contributed by atoms with Crippen LogP contribution in [0.4, 0.5) is 0 Å². The minimum Gasteiger partial charge on any atom is -0.356 e. The van der Waals surface area contributed by atoms with E-state index in [9.17, 15) is 13.2 Å². The molecule has 0 aliphatic carbocycles. The topological polar surface area (TPSA) is 73.0 Å². The highest BCUT2D eigenvalue weighted by molar-refractivity contribution is 7.86. The number of amides is 1. The molecule has 0 aromatic heterocycles. The van der Waals surface area contributed by atoms with Gasteiger partial charge in [-0.3, -0.25) is 9.69 Å². The Hall–Kier alpha value is -1.48. The van der Waals surface area contributed by atoms with Crippen LogP contribution in [0.1, 0.15) is 24.8 Å². The van der Waals surface area contributed by atoms with Crippen LogP contribution in [-0.2, 0) is 21.5 Å². The lowest BCUT2D eigenvalue weighted by Crippen LogP contribution is -2.63. The lowest BCUT2D eigenvalue weighted by molar-refractivity contribution is -0.121. The Morgan fingerprint density at radius 2 is 1.92 bits per heavy atom.